The summed E-state index contributed by atoms with van der Waals surface area (Å²) >= 11 is 0. The molecule has 0 aliphatic carbocycles. The predicted molar refractivity (Wildman–Crippen MR) is 108 cm³/mol. The van der Waals surface area contributed by atoms with Gasteiger partial charge in [-0.3, -0.25) is 9.88 Å². The lowest BCUT2D eigenvalue weighted by Crippen LogP contribution is -2.32. The Hall–Kier alpha value is -2.79. The maximum absolute atomic E-state index is 4.81. The SMILES string of the molecule is Cc1cccnc1Nc1cncc(C2CCN(Cc3ccccc3)CC2)n1. The fourth-order valence-electron chi connectivity index (χ4n) is 3.60. The third-order valence-electron chi connectivity index (χ3n) is 5.16. The van der Waals surface area contributed by atoms with Crippen LogP contribution in [0.3, 0.4) is 0 Å². The second kappa shape index (κ2) is 8.27. The topological polar surface area (TPSA) is 53.9 Å². The molecule has 3 heterocycles. The molecule has 4 rings (SSSR count). The van der Waals surface area contributed by atoms with Gasteiger partial charge in [0.15, 0.2) is 0 Å². The Labute approximate surface area is 160 Å². The summed E-state index contributed by atoms with van der Waals surface area (Å²) in [6.45, 7) is 5.26. The zero-order chi connectivity index (χ0) is 18.5. The third-order valence-corrected chi connectivity index (χ3v) is 5.16. The lowest BCUT2D eigenvalue weighted by Gasteiger charge is -2.31. The number of aromatic nitrogens is 3. The molecule has 1 aliphatic heterocycles. The number of benzene rings is 1. The van der Waals surface area contributed by atoms with Crippen molar-refractivity contribution in [2.24, 2.45) is 0 Å². The molecule has 2 aromatic heterocycles. The van der Waals surface area contributed by atoms with Gasteiger partial charge in [-0.1, -0.05) is 36.4 Å². The molecule has 0 unspecified atom stereocenters. The van der Waals surface area contributed by atoms with E-state index in [2.05, 4.69) is 50.5 Å². The third kappa shape index (κ3) is 4.49. The van der Waals surface area contributed by atoms with E-state index < -0.39 is 0 Å². The molecule has 1 saturated heterocycles. The Balaban J connectivity index is 1.38. The van der Waals surface area contributed by atoms with Gasteiger partial charge in [0.1, 0.15) is 11.6 Å². The average molecular weight is 359 g/mol. The van der Waals surface area contributed by atoms with Crippen molar-refractivity contribution in [3.63, 3.8) is 0 Å². The molecule has 1 fully saturated rings. The number of likely N-dealkylation sites (tertiary alicyclic amines) is 1. The molecule has 0 amide bonds. The van der Waals surface area contributed by atoms with Gasteiger partial charge in [-0.05, 0) is 50.0 Å². The lowest BCUT2D eigenvalue weighted by molar-refractivity contribution is 0.203. The maximum Gasteiger partial charge on any atom is 0.150 e. The highest BCUT2D eigenvalue weighted by Crippen LogP contribution is 2.28. The number of nitrogens with zero attached hydrogens (tertiary/aromatic N) is 4. The van der Waals surface area contributed by atoms with Gasteiger partial charge in [0.05, 0.1) is 11.9 Å². The Kier molecular flexibility index (Phi) is 5.39. The number of anilines is 2. The molecule has 3 aromatic rings. The Morgan fingerprint density at radius 2 is 1.85 bits per heavy atom. The van der Waals surface area contributed by atoms with Crippen LogP contribution in [0.1, 0.15) is 35.6 Å². The molecule has 27 heavy (non-hydrogen) atoms. The van der Waals surface area contributed by atoms with E-state index in [0.29, 0.717) is 5.92 Å². The van der Waals surface area contributed by atoms with Crippen LogP contribution in [-0.4, -0.2) is 32.9 Å². The van der Waals surface area contributed by atoms with Crippen LogP contribution in [-0.2, 0) is 6.54 Å². The summed E-state index contributed by atoms with van der Waals surface area (Å²) in [7, 11) is 0. The Morgan fingerprint density at radius 3 is 2.63 bits per heavy atom. The van der Waals surface area contributed by atoms with Crippen molar-refractivity contribution < 1.29 is 0 Å². The van der Waals surface area contributed by atoms with Crippen LogP contribution in [0.4, 0.5) is 11.6 Å². The molecular formula is C22H25N5. The van der Waals surface area contributed by atoms with Gasteiger partial charge in [-0.2, -0.15) is 0 Å². The normalized spacial score (nSPS) is 15.6. The van der Waals surface area contributed by atoms with Crippen LogP contribution in [0.2, 0.25) is 0 Å². The van der Waals surface area contributed by atoms with Crippen LogP contribution < -0.4 is 5.32 Å². The molecule has 1 aliphatic rings. The molecule has 0 spiro atoms. The Bertz CT molecular complexity index is 873. The standard InChI is InChI=1S/C22H25N5/c1-17-6-5-11-24-22(17)26-21-15-23-14-20(25-21)19-9-12-27(13-10-19)16-18-7-3-2-4-8-18/h2-8,11,14-15,19H,9-10,12-13,16H2,1H3,(H,24,25,26). The minimum Gasteiger partial charge on any atom is -0.323 e. The molecule has 1 aromatic carbocycles. The van der Waals surface area contributed by atoms with Gasteiger partial charge in [0, 0.05) is 24.9 Å². The summed E-state index contributed by atoms with van der Waals surface area (Å²) in [6.07, 6.45) is 7.70. The van der Waals surface area contributed by atoms with E-state index in [1.165, 1.54) is 5.56 Å². The maximum atomic E-state index is 4.81. The van der Waals surface area contributed by atoms with Crippen molar-refractivity contribution in [2.45, 2.75) is 32.2 Å². The first kappa shape index (κ1) is 17.6. The summed E-state index contributed by atoms with van der Waals surface area (Å²) in [5.74, 6) is 2.07. The molecule has 0 saturated carbocycles. The first-order valence-corrected chi connectivity index (χ1v) is 9.55. The number of pyridine rings is 1. The average Bonchev–Trinajstić information content (AvgIpc) is 2.71. The highest BCUT2D eigenvalue weighted by Gasteiger charge is 2.22. The quantitative estimate of drug-likeness (QED) is 0.736. The van der Waals surface area contributed by atoms with E-state index in [1.54, 1.807) is 12.4 Å². The van der Waals surface area contributed by atoms with Crippen LogP contribution >= 0.6 is 0 Å². The highest BCUT2D eigenvalue weighted by atomic mass is 15.1. The molecule has 138 valence electrons. The van der Waals surface area contributed by atoms with Gasteiger partial charge < -0.3 is 5.32 Å². The largest absolute Gasteiger partial charge is 0.323 e. The molecular weight excluding hydrogens is 334 g/mol. The highest BCUT2D eigenvalue weighted by molar-refractivity contribution is 5.54. The second-order valence-electron chi connectivity index (χ2n) is 7.16. The molecule has 0 bridgehead atoms. The lowest BCUT2D eigenvalue weighted by atomic mass is 9.93. The van der Waals surface area contributed by atoms with Crippen LogP contribution in [0.15, 0.2) is 61.1 Å². The summed E-state index contributed by atoms with van der Waals surface area (Å²) in [4.78, 5) is 16.1. The van der Waals surface area contributed by atoms with Crippen LogP contribution in [0, 0.1) is 6.92 Å². The van der Waals surface area contributed by atoms with E-state index in [-0.39, 0.29) is 0 Å². The van der Waals surface area contributed by atoms with E-state index in [0.717, 1.165) is 55.4 Å². The predicted octanol–water partition coefficient (Wildman–Crippen LogP) is 4.30. The molecule has 5 nitrogen and oxygen atoms in total. The Morgan fingerprint density at radius 1 is 1.04 bits per heavy atom. The minimum atomic E-state index is 0.469. The minimum absolute atomic E-state index is 0.469. The second-order valence-corrected chi connectivity index (χ2v) is 7.16. The smallest absolute Gasteiger partial charge is 0.150 e. The first-order valence-electron chi connectivity index (χ1n) is 9.55. The van der Waals surface area contributed by atoms with Gasteiger partial charge in [0.25, 0.3) is 0 Å². The summed E-state index contributed by atoms with van der Waals surface area (Å²) in [5.41, 5.74) is 3.56. The summed E-state index contributed by atoms with van der Waals surface area (Å²) in [5, 5.41) is 3.30. The van der Waals surface area contributed by atoms with Crippen molar-refractivity contribution in [3.05, 3.63) is 77.9 Å². The zero-order valence-electron chi connectivity index (χ0n) is 15.7. The van der Waals surface area contributed by atoms with E-state index >= 15 is 0 Å². The van der Waals surface area contributed by atoms with E-state index in [9.17, 15) is 0 Å². The fraction of sp³-hybridized carbons (Fsp3) is 0.318. The van der Waals surface area contributed by atoms with Crippen molar-refractivity contribution in [2.75, 3.05) is 18.4 Å². The fourth-order valence-corrected chi connectivity index (χ4v) is 3.60. The monoisotopic (exact) mass is 359 g/mol. The molecule has 1 N–H and O–H groups in total. The van der Waals surface area contributed by atoms with Gasteiger partial charge in [-0.15, -0.1) is 0 Å². The van der Waals surface area contributed by atoms with Crippen molar-refractivity contribution in [1.82, 2.24) is 19.9 Å². The number of hydrogen-bond acceptors (Lipinski definition) is 5. The molecule has 5 heteroatoms. The number of aryl methyl sites for hydroxylation is 1. The van der Waals surface area contributed by atoms with Gasteiger partial charge in [0.2, 0.25) is 0 Å². The summed E-state index contributed by atoms with van der Waals surface area (Å²) < 4.78 is 0. The van der Waals surface area contributed by atoms with Crippen LogP contribution in [0.25, 0.3) is 0 Å². The number of hydrogen-bond donors (Lipinski definition) is 1. The molecule has 0 atom stereocenters. The molecule has 0 radical (unpaired) electrons. The number of nitrogens with one attached hydrogen (secondary N) is 1. The van der Waals surface area contributed by atoms with Crippen molar-refractivity contribution in [1.29, 1.82) is 0 Å². The first-order chi connectivity index (χ1) is 13.3. The number of rotatable bonds is 5. The summed E-state index contributed by atoms with van der Waals surface area (Å²) in [6, 6.07) is 14.7. The van der Waals surface area contributed by atoms with E-state index in [1.807, 2.05) is 25.3 Å². The number of piperidine rings is 1. The van der Waals surface area contributed by atoms with Crippen LogP contribution in [0.5, 0.6) is 0 Å². The zero-order valence-corrected chi connectivity index (χ0v) is 15.7. The van der Waals surface area contributed by atoms with Crippen molar-refractivity contribution in [3.8, 4) is 0 Å². The van der Waals surface area contributed by atoms with Gasteiger partial charge in [-0.25, -0.2) is 9.97 Å². The van der Waals surface area contributed by atoms with Crippen molar-refractivity contribution >= 4 is 11.6 Å². The van der Waals surface area contributed by atoms with Gasteiger partial charge >= 0.3 is 0 Å². The van der Waals surface area contributed by atoms with E-state index in [4.69, 9.17) is 4.98 Å².